The Hall–Kier alpha value is -1.96. The van der Waals surface area contributed by atoms with Crippen LogP contribution in [0.25, 0.3) is 0 Å². The van der Waals surface area contributed by atoms with Crippen molar-refractivity contribution in [3.8, 4) is 0 Å². The van der Waals surface area contributed by atoms with Gasteiger partial charge >= 0.3 is 0 Å². The van der Waals surface area contributed by atoms with E-state index < -0.39 is 21.7 Å². The lowest BCUT2D eigenvalue weighted by atomic mass is 10.1. The van der Waals surface area contributed by atoms with Crippen molar-refractivity contribution in [2.24, 2.45) is 0 Å². The molecule has 1 amide bonds. The molecule has 0 bridgehead atoms. The topological polar surface area (TPSA) is 66.5 Å². The quantitative estimate of drug-likeness (QED) is 0.854. The predicted octanol–water partition coefficient (Wildman–Crippen LogP) is 3.82. The maximum atomic E-state index is 14.2. The highest BCUT2D eigenvalue weighted by molar-refractivity contribution is 7.89. The van der Waals surface area contributed by atoms with E-state index in [2.05, 4.69) is 5.32 Å². The predicted molar refractivity (Wildman–Crippen MR) is 98.5 cm³/mol. The second-order valence-corrected chi connectivity index (χ2v) is 8.46. The zero-order chi connectivity index (χ0) is 18.9. The first kappa shape index (κ1) is 18.8. The van der Waals surface area contributed by atoms with Gasteiger partial charge in [-0.3, -0.25) is 4.79 Å². The molecule has 1 N–H and O–H groups in total. The summed E-state index contributed by atoms with van der Waals surface area (Å²) in [6.07, 6.45) is 1.59. The number of hydrogen-bond donors (Lipinski definition) is 1. The van der Waals surface area contributed by atoms with Crippen LogP contribution < -0.4 is 5.32 Å². The number of carbonyl (C=O) groups is 1. The third kappa shape index (κ3) is 3.60. The molecule has 26 heavy (non-hydrogen) atoms. The van der Waals surface area contributed by atoms with Gasteiger partial charge in [-0.05, 0) is 55.7 Å². The van der Waals surface area contributed by atoms with Crippen molar-refractivity contribution < 1.29 is 17.6 Å². The lowest BCUT2D eigenvalue weighted by Gasteiger charge is -2.16. The van der Waals surface area contributed by atoms with E-state index in [1.54, 1.807) is 25.1 Å². The molecule has 3 rings (SSSR count). The van der Waals surface area contributed by atoms with Crippen LogP contribution in [0.15, 0.2) is 41.3 Å². The van der Waals surface area contributed by atoms with E-state index in [-0.39, 0.29) is 10.5 Å². The molecule has 8 heteroatoms. The van der Waals surface area contributed by atoms with Gasteiger partial charge in [0.25, 0.3) is 5.91 Å². The Morgan fingerprint density at radius 2 is 1.88 bits per heavy atom. The van der Waals surface area contributed by atoms with Crippen molar-refractivity contribution >= 4 is 33.2 Å². The van der Waals surface area contributed by atoms with Gasteiger partial charge in [0.2, 0.25) is 10.0 Å². The maximum absolute atomic E-state index is 14.2. The van der Waals surface area contributed by atoms with Crippen LogP contribution in [0.2, 0.25) is 5.02 Å². The molecule has 0 atom stereocenters. The number of nitrogens with zero attached hydrogens (tertiary/aromatic N) is 1. The van der Waals surface area contributed by atoms with E-state index in [0.717, 1.165) is 25.0 Å². The molecule has 0 spiro atoms. The van der Waals surface area contributed by atoms with Crippen molar-refractivity contribution in [3.05, 3.63) is 58.4 Å². The van der Waals surface area contributed by atoms with Gasteiger partial charge in [0.15, 0.2) is 0 Å². The lowest BCUT2D eigenvalue weighted by Crippen LogP contribution is -2.28. The van der Waals surface area contributed by atoms with Gasteiger partial charge in [0.1, 0.15) is 5.82 Å². The summed E-state index contributed by atoms with van der Waals surface area (Å²) in [7, 11) is -3.73. The van der Waals surface area contributed by atoms with Crippen molar-refractivity contribution in [2.45, 2.75) is 24.7 Å². The molecule has 0 aliphatic carbocycles. The fourth-order valence-corrected chi connectivity index (χ4v) is 4.57. The first-order valence-electron chi connectivity index (χ1n) is 8.17. The number of carbonyl (C=O) groups excluding carboxylic acids is 1. The minimum atomic E-state index is -3.73. The first-order valence-corrected chi connectivity index (χ1v) is 9.98. The van der Waals surface area contributed by atoms with E-state index in [9.17, 15) is 17.6 Å². The van der Waals surface area contributed by atoms with Crippen LogP contribution in [0.5, 0.6) is 0 Å². The van der Waals surface area contributed by atoms with Gasteiger partial charge in [-0.15, -0.1) is 0 Å². The summed E-state index contributed by atoms with van der Waals surface area (Å²) in [5.41, 5.74) is 0.753. The van der Waals surface area contributed by atoms with Crippen LogP contribution in [0, 0.1) is 12.7 Å². The maximum Gasteiger partial charge on any atom is 0.258 e. The molecule has 1 fully saturated rings. The summed E-state index contributed by atoms with van der Waals surface area (Å²) >= 11 is 6.02. The van der Waals surface area contributed by atoms with Crippen molar-refractivity contribution in [2.75, 3.05) is 18.4 Å². The van der Waals surface area contributed by atoms with Crippen LogP contribution in [0.4, 0.5) is 10.1 Å². The van der Waals surface area contributed by atoms with Crippen LogP contribution >= 0.6 is 11.6 Å². The third-order valence-corrected chi connectivity index (χ3v) is 6.71. The Bertz CT molecular complexity index is 957. The third-order valence-electron chi connectivity index (χ3n) is 4.40. The monoisotopic (exact) mass is 396 g/mol. The summed E-state index contributed by atoms with van der Waals surface area (Å²) in [5, 5.41) is 3.05. The van der Waals surface area contributed by atoms with Crippen molar-refractivity contribution in [1.82, 2.24) is 4.31 Å². The number of amides is 1. The Balaban J connectivity index is 1.92. The van der Waals surface area contributed by atoms with E-state index in [1.165, 1.54) is 10.4 Å². The molecule has 2 aromatic rings. The number of halogens is 2. The number of hydrogen-bond acceptors (Lipinski definition) is 3. The molecule has 138 valence electrons. The molecule has 0 unspecified atom stereocenters. The lowest BCUT2D eigenvalue weighted by molar-refractivity contribution is 0.102. The Morgan fingerprint density at radius 3 is 2.58 bits per heavy atom. The average molecular weight is 397 g/mol. The SMILES string of the molecule is Cc1c(Cl)cccc1NC(=O)c1cc(S(=O)(=O)N2CCCC2)ccc1F. The van der Waals surface area contributed by atoms with Gasteiger partial charge in [-0.2, -0.15) is 4.31 Å². The summed E-state index contributed by atoms with van der Waals surface area (Å²) < 4.78 is 40.8. The summed E-state index contributed by atoms with van der Waals surface area (Å²) in [6.45, 7) is 2.59. The van der Waals surface area contributed by atoms with E-state index >= 15 is 0 Å². The van der Waals surface area contributed by atoms with Gasteiger partial charge < -0.3 is 5.32 Å². The molecule has 0 saturated carbocycles. The van der Waals surface area contributed by atoms with Gasteiger partial charge in [0, 0.05) is 23.8 Å². The molecule has 1 aliphatic rings. The van der Waals surface area contributed by atoms with Crippen LogP contribution in [-0.2, 0) is 10.0 Å². The van der Waals surface area contributed by atoms with Gasteiger partial charge in [-0.1, -0.05) is 17.7 Å². The minimum absolute atomic E-state index is 0.0891. The molecule has 0 radical (unpaired) electrons. The van der Waals surface area contributed by atoms with Gasteiger partial charge in [-0.25, -0.2) is 12.8 Å². The fourth-order valence-electron chi connectivity index (χ4n) is 2.85. The van der Waals surface area contributed by atoms with E-state index in [4.69, 9.17) is 11.6 Å². The molecule has 1 heterocycles. The number of anilines is 1. The highest BCUT2D eigenvalue weighted by Gasteiger charge is 2.28. The fraction of sp³-hybridized carbons (Fsp3) is 0.278. The Kier molecular flexibility index (Phi) is 5.32. The van der Waals surface area contributed by atoms with Crippen LogP contribution in [0.1, 0.15) is 28.8 Å². The van der Waals surface area contributed by atoms with Crippen LogP contribution in [0.3, 0.4) is 0 Å². The largest absolute Gasteiger partial charge is 0.322 e. The molecule has 1 aliphatic heterocycles. The molecular weight excluding hydrogens is 379 g/mol. The number of rotatable bonds is 4. The summed E-state index contributed by atoms with van der Waals surface area (Å²) in [4.78, 5) is 12.4. The number of nitrogens with one attached hydrogen (secondary N) is 1. The highest BCUT2D eigenvalue weighted by atomic mass is 35.5. The van der Waals surface area contributed by atoms with E-state index in [0.29, 0.717) is 29.4 Å². The second kappa shape index (κ2) is 7.34. The Morgan fingerprint density at radius 1 is 1.19 bits per heavy atom. The van der Waals surface area contributed by atoms with Crippen LogP contribution in [-0.4, -0.2) is 31.7 Å². The Labute approximate surface area is 156 Å². The standard InChI is InChI=1S/C18H18ClFN2O3S/c1-12-15(19)5-4-6-17(12)21-18(23)14-11-13(7-8-16(14)20)26(24,25)22-9-2-3-10-22/h4-8,11H,2-3,9-10H2,1H3,(H,21,23). The zero-order valence-corrected chi connectivity index (χ0v) is 15.7. The summed E-state index contributed by atoms with van der Waals surface area (Å²) in [6, 6.07) is 8.25. The summed E-state index contributed by atoms with van der Waals surface area (Å²) in [5.74, 6) is -1.52. The highest BCUT2D eigenvalue weighted by Crippen LogP contribution is 2.26. The molecule has 5 nitrogen and oxygen atoms in total. The van der Waals surface area contributed by atoms with Crippen molar-refractivity contribution in [3.63, 3.8) is 0 Å². The number of sulfonamides is 1. The molecule has 0 aromatic heterocycles. The molecule has 2 aromatic carbocycles. The minimum Gasteiger partial charge on any atom is -0.322 e. The van der Waals surface area contributed by atoms with Crippen molar-refractivity contribution in [1.29, 1.82) is 0 Å². The number of benzene rings is 2. The molecule has 1 saturated heterocycles. The van der Waals surface area contributed by atoms with E-state index in [1.807, 2.05) is 0 Å². The second-order valence-electron chi connectivity index (χ2n) is 6.12. The average Bonchev–Trinajstić information content (AvgIpc) is 3.14. The smallest absolute Gasteiger partial charge is 0.258 e. The zero-order valence-electron chi connectivity index (χ0n) is 14.1. The molecular formula is C18H18ClFN2O3S. The normalized spacial score (nSPS) is 15.2. The first-order chi connectivity index (χ1) is 12.3. The van der Waals surface area contributed by atoms with Gasteiger partial charge in [0.05, 0.1) is 10.5 Å².